The van der Waals surface area contributed by atoms with Crippen LogP contribution in [0.2, 0.25) is 0 Å². The zero-order valence-electron chi connectivity index (χ0n) is 19.9. The molecule has 0 saturated heterocycles. The minimum absolute atomic E-state index is 0.244. The first-order chi connectivity index (χ1) is 17.1. The Morgan fingerprint density at radius 1 is 0.914 bits per heavy atom. The van der Waals surface area contributed by atoms with Gasteiger partial charge in [-0.05, 0) is 92.7 Å². The van der Waals surface area contributed by atoms with Crippen LogP contribution in [0.4, 0.5) is 22.0 Å². The average molecular weight is 471 g/mol. The molecule has 2 aromatic carbocycles. The zero-order valence-corrected chi connectivity index (χ0v) is 19.9. The van der Waals surface area contributed by atoms with E-state index in [1.54, 1.807) is 7.11 Å². The van der Waals surface area contributed by atoms with Crippen molar-refractivity contribution in [3.63, 3.8) is 0 Å². The number of methoxy groups -OCH3 is 1. The number of nitrogens with zero attached hydrogens (tertiary/aromatic N) is 2. The second-order valence-corrected chi connectivity index (χ2v) is 10.3. The van der Waals surface area contributed by atoms with Gasteiger partial charge in [0.15, 0.2) is 0 Å². The number of hydrogen-bond acceptors (Lipinski definition) is 6. The Balaban J connectivity index is 1.09. The third-order valence-corrected chi connectivity index (χ3v) is 7.74. The molecule has 7 nitrogen and oxygen atoms in total. The first kappa shape index (κ1) is 21.9. The predicted molar refractivity (Wildman–Crippen MR) is 135 cm³/mol. The Kier molecular flexibility index (Phi) is 5.55. The second-order valence-electron chi connectivity index (χ2n) is 10.3. The number of anilines is 3. The van der Waals surface area contributed by atoms with Crippen molar-refractivity contribution in [3.05, 3.63) is 60.9 Å². The molecule has 2 N–H and O–H groups in total. The Morgan fingerprint density at radius 2 is 1.57 bits per heavy atom. The average Bonchev–Trinajstić information content (AvgIpc) is 2.84. The highest BCUT2D eigenvalue weighted by Gasteiger charge is 2.53. The van der Waals surface area contributed by atoms with Gasteiger partial charge in [-0.3, -0.25) is 5.32 Å². The quantitative estimate of drug-likeness (QED) is 0.433. The van der Waals surface area contributed by atoms with Crippen molar-refractivity contribution in [3.8, 4) is 17.0 Å². The largest absolute Gasteiger partial charge is 0.496 e. The summed E-state index contributed by atoms with van der Waals surface area (Å²) in [6.45, 7) is 0. The highest BCUT2D eigenvalue weighted by Crippen LogP contribution is 2.57. The van der Waals surface area contributed by atoms with Gasteiger partial charge in [0.05, 0.1) is 12.8 Å². The number of aromatic nitrogens is 2. The van der Waals surface area contributed by atoms with E-state index in [0.29, 0.717) is 11.5 Å². The molecule has 4 aliphatic rings. The van der Waals surface area contributed by atoms with Crippen molar-refractivity contribution < 1.29 is 14.3 Å². The lowest BCUT2D eigenvalue weighted by molar-refractivity contribution is -0.124. The maximum absolute atomic E-state index is 12.7. The van der Waals surface area contributed by atoms with Crippen molar-refractivity contribution in [2.45, 2.75) is 44.1 Å². The molecule has 0 atom stereocenters. The monoisotopic (exact) mass is 470 g/mol. The van der Waals surface area contributed by atoms with Crippen LogP contribution in [-0.4, -0.2) is 28.8 Å². The minimum Gasteiger partial charge on any atom is -0.496 e. The molecule has 4 saturated carbocycles. The molecule has 0 aliphatic heterocycles. The lowest BCUT2D eigenvalue weighted by atomic mass is 9.54. The summed E-state index contributed by atoms with van der Waals surface area (Å²) in [5, 5.41) is 6.22. The molecule has 0 radical (unpaired) electrons. The summed E-state index contributed by atoms with van der Waals surface area (Å²) >= 11 is 0. The van der Waals surface area contributed by atoms with Crippen LogP contribution in [0, 0.1) is 17.8 Å². The third-order valence-electron chi connectivity index (χ3n) is 7.74. The summed E-state index contributed by atoms with van der Waals surface area (Å²) in [7, 11) is 1.65. The fraction of sp³-hybridized carbons (Fsp3) is 0.393. The number of carbonyl (C=O) groups is 1. The topological polar surface area (TPSA) is 85.4 Å². The summed E-state index contributed by atoms with van der Waals surface area (Å²) < 4.78 is 11.5. The maximum atomic E-state index is 12.7. The number of rotatable bonds is 6. The summed E-state index contributed by atoms with van der Waals surface area (Å²) in [4.78, 5) is 21.4. The fourth-order valence-electron chi connectivity index (χ4n) is 6.71. The number of para-hydroxylation sites is 1. The number of benzene rings is 2. The molecule has 1 amide bonds. The lowest BCUT2D eigenvalue weighted by Crippen LogP contribution is -2.53. The normalized spacial score (nSPS) is 26.3. The summed E-state index contributed by atoms with van der Waals surface area (Å²) in [5.74, 6) is 3.65. The van der Waals surface area contributed by atoms with E-state index in [1.165, 1.54) is 25.6 Å². The van der Waals surface area contributed by atoms with Crippen LogP contribution in [0.25, 0.3) is 11.3 Å². The number of amides is 1. The standard InChI is InChI=1S/C28H30N4O3/c1-34-25-5-3-2-4-23(25)24-13-26(30-17-29-24)31-21-6-8-22(9-7-21)32-27(33)35-28-14-18-10-19(15-28)12-20(11-18)16-28/h2-9,13,17-20H,10-12,14-16H2,1H3,(H,32,33)(H,29,30,31). The lowest BCUT2D eigenvalue weighted by Gasteiger charge is -2.55. The van der Waals surface area contributed by atoms with Gasteiger partial charge < -0.3 is 14.8 Å². The van der Waals surface area contributed by atoms with Crippen molar-refractivity contribution in [2.75, 3.05) is 17.7 Å². The molecule has 7 heteroatoms. The van der Waals surface area contributed by atoms with Crippen LogP contribution in [0.3, 0.4) is 0 Å². The van der Waals surface area contributed by atoms with Crippen molar-refractivity contribution in [1.82, 2.24) is 9.97 Å². The van der Waals surface area contributed by atoms with E-state index in [4.69, 9.17) is 9.47 Å². The summed E-state index contributed by atoms with van der Waals surface area (Å²) in [6.07, 6.45) is 8.26. The van der Waals surface area contributed by atoms with Gasteiger partial charge in [0.25, 0.3) is 0 Å². The van der Waals surface area contributed by atoms with Crippen molar-refractivity contribution in [1.29, 1.82) is 0 Å². The molecule has 1 heterocycles. The molecule has 1 aromatic heterocycles. The zero-order chi connectivity index (χ0) is 23.8. The van der Waals surface area contributed by atoms with E-state index in [2.05, 4.69) is 20.6 Å². The maximum Gasteiger partial charge on any atom is 0.412 e. The molecule has 4 bridgehead atoms. The van der Waals surface area contributed by atoms with Gasteiger partial charge in [0.2, 0.25) is 0 Å². The van der Waals surface area contributed by atoms with Crippen molar-refractivity contribution in [2.24, 2.45) is 17.8 Å². The second kappa shape index (κ2) is 8.87. The Bertz CT molecular complexity index is 1190. The predicted octanol–water partition coefficient (Wildman–Crippen LogP) is 6.41. The molecule has 4 aliphatic carbocycles. The first-order valence-corrected chi connectivity index (χ1v) is 12.4. The molecule has 180 valence electrons. The van der Waals surface area contributed by atoms with Crippen LogP contribution in [0.15, 0.2) is 60.9 Å². The molecule has 3 aromatic rings. The fourth-order valence-corrected chi connectivity index (χ4v) is 6.71. The number of hydrogen-bond donors (Lipinski definition) is 2. The highest BCUT2D eigenvalue weighted by atomic mass is 16.6. The van der Waals surface area contributed by atoms with Gasteiger partial charge in [-0.1, -0.05) is 12.1 Å². The van der Waals surface area contributed by atoms with Crippen LogP contribution in [0.5, 0.6) is 5.75 Å². The van der Waals surface area contributed by atoms with Crippen LogP contribution < -0.4 is 15.4 Å². The smallest absolute Gasteiger partial charge is 0.412 e. The number of nitrogens with one attached hydrogen (secondary N) is 2. The molecule has 0 spiro atoms. The molecule has 0 unspecified atom stereocenters. The van der Waals surface area contributed by atoms with Crippen LogP contribution in [0.1, 0.15) is 38.5 Å². The van der Waals surface area contributed by atoms with Gasteiger partial charge in [0, 0.05) is 23.0 Å². The molecule has 35 heavy (non-hydrogen) atoms. The van der Waals surface area contributed by atoms with Crippen LogP contribution >= 0.6 is 0 Å². The van der Waals surface area contributed by atoms with Crippen molar-refractivity contribution >= 4 is 23.3 Å². The van der Waals surface area contributed by atoms with E-state index >= 15 is 0 Å². The van der Waals surface area contributed by atoms with Crippen LogP contribution in [-0.2, 0) is 4.74 Å². The summed E-state index contributed by atoms with van der Waals surface area (Å²) in [5.41, 5.74) is 2.99. The van der Waals surface area contributed by atoms with E-state index in [1.807, 2.05) is 54.6 Å². The SMILES string of the molecule is COc1ccccc1-c1cc(Nc2ccc(NC(=O)OC34CC5CC(CC(C5)C3)C4)cc2)ncn1. The Morgan fingerprint density at radius 3 is 2.26 bits per heavy atom. The molecular weight excluding hydrogens is 440 g/mol. The molecule has 7 rings (SSSR count). The number of ether oxygens (including phenoxy) is 2. The van der Waals surface area contributed by atoms with E-state index in [0.717, 1.165) is 59.7 Å². The summed E-state index contributed by atoms with van der Waals surface area (Å²) in [6, 6.07) is 17.2. The Labute approximate surface area is 205 Å². The van der Waals surface area contributed by atoms with Gasteiger partial charge in [-0.2, -0.15) is 0 Å². The van der Waals surface area contributed by atoms with Gasteiger partial charge in [0.1, 0.15) is 23.5 Å². The van der Waals surface area contributed by atoms with Gasteiger partial charge in [-0.15, -0.1) is 0 Å². The highest BCUT2D eigenvalue weighted by molar-refractivity contribution is 5.85. The van der Waals surface area contributed by atoms with Gasteiger partial charge in [-0.25, -0.2) is 14.8 Å². The molecule has 4 fully saturated rings. The van der Waals surface area contributed by atoms with E-state index in [-0.39, 0.29) is 11.7 Å². The Hall–Kier alpha value is -3.61. The molecular formula is C28H30N4O3. The van der Waals surface area contributed by atoms with E-state index in [9.17, 15) is 4.79 Å². The minimum atomic E-state index is -0.343. The third kappa shape index (κ3) is 4.55. The number of carbonyl (C=O) groups excluding carboxylic acids is 1. The van der Waals surface area contributed by atoms with E-state index < -0.39 is 0 Å². The van der Waals surface area contributed by atoms with Gasteiger partial charge >= 0.3 is 6.09 Å². The first-order valence-electron chi connectivity index (χ1n) is 12.4.